The highest BCUT2D eigenvalue weighted by Crippen LogP contribution is 2.26. The molecule has 1 aliphatic rings. The first-order chi connectivity index (χ1) is 10.7. The molecule has 0 amide bonds. The number of methoxy groups -OCH3 is 1. The summed E-state index contributed by atoms with van der Waals surface area (Å²) >= 11 is 1.70. The molecule has 120 valence electrons. The van der Waals surface area contributed by atoms with E-state index in [2.05, 4.69) is 5.32 Å². The third kappa shape index (κ3) is 4.16. The minimum Gasteiger partial charge on any atom is -0.497 e. The lowest BCUT2D eigenvalue weighted by molar-refractivity contribution is -0.147. The van der Waals surface area contributed by atoms with Crippen molar-refractivity contribution in [1.82, 2.24) is 0 Å². The average molecular weight is 323 g/mol. The first-order valence-electron chi connectivity index (χ1n) is 7.33. The molecular weight excluding hydrogens is 302 g/mol. The predicted molar refractivity (Wildman–Crippen MR) is 87.5 cm³/mol. The molecule has 1 fully saturated rings. The maximum Gasteiger partial charge on any atom is 0.329 e. The summed E-state index contributed by atoms with van der Waals surface area (Å²) in [6.45, 7) is 2.06. The van der Waals surface area contributed by atoms with Gasteiger partial charge in [-0.2, -0.15) is 11.8 Å². The maximum atomic E-state index is 12.2. The molecule has 1 heterocycles. The highest BCUT2D eigenvalue weighted by atomic mass is 32.2. The Labute approximate surface area is 134 Å². The number of carbonyl (C=O) groups excluding carboxylic acids is 2. The van der Waals surface area contributed by atoms with Crippen molar-refractivity contribution in [2.24, 2.45) is 5.92 Å². The summed E-state index contributed by atoms with van der Waals surface area (Å²) in [7, 11) is 1.60. The Morgan fingerprint density at radius 3 is 2.73 bits per heavy atom. The van der Waals surface area contributed by atoms with Gasteiger partial charge in [0.05, 0.1) is 19.6 Å². The number of ether oxygens (including phenoxy) is 2. The lowest BCUT2D eigenvalue weighted by Gasteiger charge is -2.28. The molecule has 0 unspecified atom stereocenters. The van der Waals surface area contributed by atoms with Gasteiger partial charge in [0, 0.05) is 23.6 Å². The number of carbonyl (C=O) groups is 2. The molecular formula is C16H21NO4S. The number of benzene rings is 1. The van der Waals surface area contributed by atoms with Crippen LogP contribution in [0, 0.1) is 5.92 Å². The summed E-state index contributed by atoms with van der Waals surface area (Å²) in [5, 5.41) is 3.15. The molecule has 2 atom stereocenters. The number of rotatable bonds is 6. The smallest absolute Gasteiger partial charge is 0.329 e. The Hall–Kier alpha value is -1.69. The van der Waals surface area contributed by atoms with Gasteiger partial charge in [-0.3, -0.25) is 4.79 Å². The first kappa shape index (κ1) is 16.7. The fraction of sp³-hybridized carbons (Fsp3) is 0.500. The van der Waals surface area contributed by atoms with E-state index >= 15 is 0 Å². The lowest BCUT2D eigenvalue weighted by atomic mass is 9.94. The molecule has 1 N–H and O–H groups in total. The molecule has 1 aromatic rings. The zero-order valence-corrected chi connectivity index (χ0v) is 13.7. The lowest BCUT2D eigenvalue weighted by Crippen LogP contribution is -2.44. The number of ketones is 1. The van der Waals surface area contributed by atoms with E-state index in [4.69, 9.17) is 9.47 Å². The maximum absolute atomic E-state index is 12.2. The molecule has 0 radical (unpaired) electrons. The van der Waals surface area contributed by atoms with E-state index < -0.39 is 6.04 Å². The monoisotopic (exact) mass is 323 g/mol. The van der Waals surface area contributed by atoms with Crippen molar-refractivity contribution in [1.29, 1.82) is 0 Å². The Morgan fingerprint density at radius 2 is 2.14 bits per heavy atom. The van der Waals surface area contributed by atoms with Gasteiger partial charge >= 0.3 is 5.97 Å². The van der Waals surface area contributed by atoms with Crippen LogP contribution < -0.4 is 10.1 Å². The summed E-state index contributed by atoms with van der Waals surface area (Å²) in [6, 6.07) is 6.62. The summed E-state index contributed by atoms with van der Waals surface area (Å²) < 4.78 is 10.3. The van der Waals surface area contributed by atoms with Crippen molar-refractivity contribution in [2.75, 3.05) is 30.5 Å². The molecule has 1 saturated heterocycles. The second-order valence-electron chi connectivity index (χ2n) is 5.00. The zero-order chi connectivity index (χ0) is 15.9. The second-order valence-corrected chi connectivity index (χ2v) is 6.15. The summed E-state index contributed by atoms with van der Waals surface area (Å²) in [5.74, 6) is 1.61. The van der Waals surface area contributed by atoms with Crippen molar-refractivity contribution in [2.45, 2.75) is 19.4 Å². The van der Waals surface area contributed by atoms with Gasteiger partial charge in [-0.05, 0) is 31.2 Å². The van der Waals surface area contributed by atoms with Crippen LogP contribution in [0.25, 0.3) is 0 Å². The van der Waals surface area contributed by atoms with Gasteiger partial charge in [0.2, 0.25) is 0 Å². The number of Topliss-reactive ketones (excluding diaryl/α,β-unsaturated/α-hetero) is 1. The van der Waals surface area contributed by atoms with E-state index in [1.807, 2.05) is 24.3 Å². The minimum absolute atomic E-state index is 0.123. The third-order valence-corrected chi connectivity index (χ3v) is 4.65. The molecule has 5 nitrogen and oxygen atoms in total. The molecule has 0 bridgehead atoms. The van der Waals surface area contributed by atoms with Crippen LogP contribution in [-0.2, 0) is 14.3 Å². The fourth-order valence-electron chi connectivity index (χ4n) is 2.37. The molecule has 2 rings (SSSR count). The molecule has 1 aliphatic heterocycles. The van der Waals surface area contributed by atoms with Crippen molar-refractivity contribution < 1.29 is 19.1 Å². The molecule has 6 heteroatoms. The van der Waals surface area contributed by atoms with Crippen LogP contribution in [0.3, 0.4) is 0 Å². The second kappa shape index (κ2) is 8.08. The van der Waals surface area contributed by atoms with Gasteiger partial charge < -0.3 is 14.8 Å². The zero-order valence-electron chi connectivity index (χ0n) is 12.8. The van der Waals surface area contributed by atoms with Crippen LogP contribution in [0.5, 0.6) is 5.75 Å². The quantitative estimate of drug-likeness (QED) is 0.811. The number of hydrogen-bond donors (Lipinski definition) is 1. The van der Waals surface area contributed by atoms with Crippen LogP contribution in [0.15, 0.2) is 24.3 Å². The van der Waals surface area contributed by atoms with E-state index in [-0.39, 0.29) is 17.7 Å². The largest absolute Gasteiger partial charge is 0.497 e. The molecule has 0 saturated carbocycles. The number of hydrogen-bond acceptors (Lipinski definition) is 6. The Morgan fingerprint density at radius 1 is 1.41 bits per heavy atom. The van der Waals surface area contributed by atoms with Gasteiger partial charge in [0.15, 0.2) is 0 Å². The van der Waals surface area contributed by atoms with Crippen LogP contribution in [0.2, 0.25) is 0 Å². The highest BCUT2D eigenvalue weighted by molar-refractivity contribution is 7.99. The van der Waals surface area contributed by atoms with E-state index in [0.717, 1.165) is 17.2 Å². The van der Waals surface area contributed by atoms with E-state index in [1.54, 1.807) is 25.8 Å². The van der Waals surface area contributed by atoms with E-state index in [9.17, 15) is 9.59 Å². The number of esters is 1. The van der Waals surface area contributed by atoms with Crippen molar-refractivity contribution in [3.05, 3.63) is 24.3 Å². The molecule has 0 aromatic heterocycles. The summed E-state index contributed by atoms with van der Waals surface area (Å²) in [5.41, 5.74) is 0.766. The highest BCUT2D eigenvalue weighted by Gasteiger charge is 2.36. The fourth-order valence-corrected chi connectivity index (χ4v) is 3.51. The minimum atomic E-state index is -0.645. The summed E-state index contributed by atoms with van der Waals surface area (Å²) in [6.07, 6.45) is 0.509. The first-order valence-corrected chi connectivity index (χ1v) is 8.49. The molecule has 1 aromatic carbocycles. The van der Waals surface area contributed by atoms with Gasteiger partial charge in [0.1, 0.15) is 17.6 Å². The van der Waals surface area contributed by atoms with Crippen LogP contribution >= 0.6 is 11.8 Å². The summed E-state index contributed by atoms with van der Waals surface area (Å²) in [4.78, 5) is 24.4. The van der Waals surface area contributed by atoms with Crippen LogP contribution in [-0.4, -0.2) is 43.0 Å². The average Bonchev–Trinajstić information content (AvgIpc) is 2.54. The van der Waals surface area contributed by atoms with Crippen molar-refractivity contribution in [3.8, 4) is 5.75 Å². The number of thioether (sulfide) groups is 1. The van der Waals surface area contributed by atoms with Crippen LogP contribution in [0.1, 0.15) is 13.3 Å². The van der Waals surface area contributed by atoms with Crippen molar-refractivity contribution in [3.63, 3.8) is 0 Å². The van der Waals surface area contributed by atoms with E-state index in [1.165, 1.54) is 0 Å². The molecule has 0 spiro atoms. The Bertz CT molecular complexity index is 517. The van der Waals surface area contributed by atoms with Gasteiger partial charge in [-0.25, -0.2) is 4.79 Å². The van der Waals surface area contributed by atoms with E-state index in [0.29, 0.717) is 18.8 Å². The normalized spacial score (nSPS) is 19.4. The molecule has 0 aliphatic carbocycles. The Balaban J connectivity index is 2.15. The van der Waals surface area contributed by atoms with Crippen molar-refractivity contribution >= 4 is 29.2 Å². The number of nitrogens with one attached hydrogen (secondary N) is 1. The third-order valence-electron chi connectivity index (χ3n) is 3.56. The Kier molecular flexibility index (Phi) is 6.12. The molecule has 22 heavy (non-hydrogen) atoms. The van der Waals surface area contributed by atoms with Gasteiger partial charge in [-0.1, -0.05) is 0 Å². The van der Waals surface area contributed by atoms with Gasteiger partial charge in [0.25, 0.3) is 0 Å². The number of anilines is 1. The topological polar surface area (TPSA) is 64.6 Å². The SMILES string of the molecule is CCOC(=O)[C@H](Nc1ccc(OC)cc1)[C@@H]1CSCCC1=O. The standard InChI is InChI=1S/C16H21NO4S/c1-3-21-16(19)15(13-10-22-9-8-14(13)18)17-11-4-6-12(20-2)7-5-11/h4-7,13,15,17H,3,8-10H2,1-2H3/t13-,15-/m1/s1. The van der Waals surface area contributed by atoms with Crippen LogP contribution in [0.4, 0.5) is 5.69 Å². The predicted octanol–water partition coefficient (Wildman–Crippen LogP) is 2.36. The van der Waals surface area contributed by atoms with Gasteiger partial charge in [-0.15, -0.1) is 0 Å².